The Balaban J connectivity index is 0.000000227. The van der Waals surface area contributed by atoms with Gasteiger partial charge in [-0.1, -0.05) is 62.8 Å². The van der Waals surface area contributed by atoms with Crippen LogP contribution in [0.15, 0.2) is 48.5 Å². The van der Waals surface area contributed by atoms with Crippen LogP contribution in [-0.2, 0) is 60.6 Å². The summed E-state index contributed by atoms with van der Waals surface area (Å²) in [7, 11) is 2.64. The van der Waals surface area contributed by atoms with Crippen LogP contribution in [0.5, 0.6) is 11.5 Å². The first-order valence-corrected chi connectivity index (χ1v) is 25.2. The Morgan fingerprint density at radius 1 is 0.812 bits per heavy atom. The predicted molar refractivity (Wildman–Crippen MR) is 254 cm³/mol. The molecule has 2 aromatic carbocycles. The van der Waals surface area contributed by atoms with Crippen LogP contribution in [-0.4, -0.2) is 146 Å². The molecule has 17 heteroatoms. The highest BCUT2D eigenvalue weighted by Gasteiger charge is 2.46. The molecule has 69 heavy (non-hydrogen) atoms. The number of rotatable bonds is 13. The van der Waals surface area contributed by atoms with E-state index in [2.05, 4.69) is 10.6 Å². The summed E-state index contributed by atoms with van der Waals surface area (Å²) in [4.78, 5) is 81.5. The van der Waals surface area contributed by atoms with Crippen molar-refractivity contribution in [2.75, 3.05) is 53.7 Å². The number of ether oxygens (including phenoxy) is 5. The SMILES string of the molecule is COC(=O)C1C[C@@H](OCCCO)CN1C(=O)[C@@H](NC(=O)CCc1ccc(O)cc1)C1CCCCC1.COC(=O)[C@@H]1C[C@@H]2CN1C(=O)[C@H](C1CCCCC1)NC(=O)CCc1ccc(cc1)OCCCO2. The Bertz CT molecular complexity index is 1970. The van der Waals surface area contributed by atoms with Gasteiger partial charge in [-0.2, -0.15) is 0 Å². The van der Waals surface area contributed by atoms with E-state index < -0.39 is 36.1 Å². The summed E-state index contributed by atoms with van der Waals surface area (Å²) in [5.74, 6) is -0.711. The van der Waals surface area contributed by atoms with Crippen LogP contribution >= 0.6 is 0 Å². The van der Waals surface area contributed by atoms with Gasteiger partial charge in [-0.05, 0) is 92.2 Å². The molecule has 0 aromatic heterocycles. The van der Waals surface area contributed by atoms with Crippen LogP contribution in [0.2, 0.25) is 0 Å². The second kappa shape index (κ2) is 27.2. The number of methoxy groups -OCH3 is 2. The highest BCUT2D eigenvalue weighted by atomic mass is 16.5. The molecule has 6 aliphatic rings. The van der Waals surface area contributed by atoms with E-state index in [0.29, 0.717) is 71.3 Å². The first kappa shape index (κ1) is 53.1. The molecule has 17 nitrogen and oxygen atoms in total. The topological polar surface area (TPSA) is 220 Å². The molecule has 0 spiro atoms. The van der Waals surface area contributed by atoms with Gasteiger partial charge in [0.1, 0.15) is 35.7 Å². The molecule has 4 bridgehead atoms. The number of aromatic hydroxyl groups is 1. The van der Waals surface area contributed by atoms with E-state index in [-0.39, 0.29) is 73.0 Å². The number of benzene rings is 2. The van der Waals surface area contributed by atoms with Gasteiger partial charge in [0.2, 0.25) is 23.6 Å². The van der Waals surface area contributed by atoms with E-state index in [4.69, 9.17) is 28.8 Å². The van der Waals surface area contributed by atoms with E-state index in [1.165, 1.54) is 19.1 Å². The normalized spacial score (nSPS) is 24.4. The molecule has 8 rings (SSSR count). The van der Waals surface area contributed by atoms with Crippen molar-refractivity contribution in [3.63, 3.8) is 0 Å². The molecule has 4 amide bonds. The Morgan fingerprint density at radius 2 is 1.49 bits per heavy atom. The Hall–Kier alpha value is -5.26. The average Bonchev–Trinajstić information content (AvgIpc) is 4.01. The van der Waals surface area contributed by atoms with Gasteiger partial charge in [0.25, 0.3) is 0 Å². The van der Waals surface area contributed by atoms with Gasteiger partial charge in [0.15, 0.2) is 0 Å². The van der Waals surface area contributed by atoms with E-state index in [1.54, 1.807) is 29.2 Å². The number of aliphatic hydroxyl groups excluding tert-OH is 1. The number of aryl methyl sites for hydroxylation is 2. The predicted octanol–water partition coefficient (Wildman–Crippen LogP) is 4.56. The van der Waals surface area contributed by atoms with E-state index >= 15 is 0 Å². The van der Waals surface area contributed by atoms with Crippen LogP contribution in [0.3, 0.4) is 0 Å². The fourth-order valence-electron chi connectivity index (χ4n) is 10.3. The summed E-state index contributed by atoms with van der Waals surface area (Å²) in [6.07, 6.45) is 12.8. The lowest BCUT2D eigenvalue weighted by molar-refractivity contribution is -0.152. The number of carbonyl (C=O) groups is 6. The molecule has 2 saturated heterocycles. The van der Waals surface area contributed by atoms with Crippen molar-refractivity contribution in [1.29, 1.82) is 0 Å². The quantitative estimate of drug-likeness (QED) is 0.160. The maximum atomic E-state index is 13.8. The van der Waals surface area contributed by atoms with Gasteiger partial charge >= 0.3 is 11.9 Å². The van der Waals surface area contributed by atoms with E-state index in [9.17, 15) is 33.9 Å². The zero-order valence-electron chi connectivity index (χ0n) is 40.5. The van der Waals surface area contributed by atoms with Crippen molar-refractivity contribution in [3.8, 4) is 11.5 Å². The molecule has 6 atom stereocenters. The van der Waals surface area contributed by atoms with Crippen molar-refractivity contribution >= 4 is 35.6 Å². The number of aliphatic hydroxyl groups is 1. The summed E-state index contributed by atoms with van der Waals surface area (Å²) < 4.78 is 27.5. The van der Waals surface area contributed by atoms with Crippen molar-refractivity contribution < 1.29 is 62.7 Å². The molecule has 1 unspecified atom stereocenters. The number of nitrogens with one attached hydrogen (secondary N) is 2. The number of phenols is 1. The summed E-state index contributed by atoms with van der Waals surface area (Å²) >= 11 is 0. The molecule has 0 radical (unpaired) electrons. The number of likely N-dealkylation sites (tertiary alicyclic amines) is 1. The highest BCUT2D eigenvalue weighted by molar-refractivity contribution is 5.92. The molecule has 2 aliphatic carbocycles. The van der Waals surface area contributed by atoms with Crippen LogP contribution in [0.25, 0.3) is 0 Å². The van der Waals surface area contributed by atoms with Crippen LogP contribution < -0.4 is 15.4 Å². The lowest BCUT2D eigenvalue weighted by Gasteiger charge is -2.34. The number of amides is 4. The van der Waals surface area contributed by atoms with Gasteiger partial charge < -0.3 is 54.3 Å². The number of fused-ring (bicyclic) bond motifs is 11. The van der Waals surface area contributed by atoms with E-state index in [0.717, 1.165) is 81.1 Å². The number of esters is 2. The molecule has 4 heterocycles. The van der Waals surface area contributed by atoms with Gasteiger partial charge in [-0.3, -0.25) is 19.2 Å². The standard InChI is InChI=1S/C26H38N2O7.C26H36N2O6/c1-34-26(33)22-16-21(35-15-5-14-29)17-28(22)25(32)24(19-6-3-2-4-7-19)27-23(31)13-10-18-8-11-20(30)12-9-18;1-32-26(31)22-16-21-17-28(22)25(30)24(19-6-3-2-4-7-19)27-23(29)13-10-18-8-11-20(12-9-18)33-14-5-15-34-21/h8-9,11-12,19,21-22,24,29-30H,2-7,10,13-17H2,1H3,(H,27,31);8-9,11-12,19,21-22,24H,2-7,10,13-17H2,1H3,(H,27,29)/t21-,22?,24+;21-,22+,24+/m11/s1. The van der Waals surface area contributed by atoms with Crippen molar-refractivity contribution in [1.82, 2.24) is 20.4 Å². The summed E-state index contributed by atoms with van der Waals surface area (Å²) in [5, 5.41) is 24.5. The van der Waals surface area contributed by atoms with Crippen LogP contribution in [0.1, 0.15) is 114 Å². The summed E-state index contributed by atoms with van der Waals surface area (Å²) in [5.41, 5.74) is 1.97. The largest absolute Gasteiger partial charge is 0.508 e. The zero-order valence-corrected chi connectivity index (χ0v) is 40.5. The minimum atomic E-state index is -0.758. The molecule has 4 aliphatic heterocycles. The number of phenolic OH excluding ortho intramolecular Hbond substituents is 1. The average molecular weight is 963 g/mol. The van der Waals surface area contributed by atoms with Crippen molar-refractivity contribution in [3.05, 3.63) is 59.7 Å². The van der Waals surface area contributed by atoms with Crippen LogP contribution in [0, 0.1) is 11.8 Å². The fraction of sp³-hybridized carbons (Fsp3) is 0.654. The summed E-state index contributed by atoms with van der Waals surface area (Å²) in [6, 6.07) is 11.7. The monoisotopic (exact) mass is 963 g/mol. The fourth-order valence-corrected chi connectivity index (χ4v) is 10.3. The first-order chi connectivity index (χ1) is 33.5. The van der Waals surface area contributed by atoms with Gasteiger partial charge in [-0.15, -0.1) is 0 Å². The molecule has 4 fully saturated rings. The number of hydrogen-bond acceptors (Lipinski definition) is 13. The lowest BCUT2D eigenvalue weighted by atomic mass is 9.83. The zero-order chi connectivity index (χ0) is 49.1. The molecule has 2 saturated carbocycles. The Labute approximate surface area is 406 Å². The number of nitrogens with zero attached hydrogens (tertiary/aromatic N) is 2. The maximum absolute atomic E-state index is 13.8. The van der Waals surface area contributed by atoms with Gasteiger partial charge in [0, 0.05) is 58.4 Å². The third-order valence-corrected chi connectivity index (χ3v) is 14.2. The minimum Gasteiger partial charge on any atom is -0.508 e. The highest BCUT2D eigenvalue weighted by Crippen LogP contribution is 2.32. The minimum absolute atomic E-state index is 0.00965. The molecule has 380 valence electrons. The summed E-state index contributed by atoms with van der Waals surface area (Å²) in [6.45, 7) is 1.91. The third-order valence-electron chi connectivity index (χ3n) is 14.2. The smallest absolute Gasteiger partial charge is 0.328 e. The Kier molecular flexibility index (Phi) is 20.9. The number of hydrogen-bond donors (Lipinski definition) is 4. The second-order valence-electron chi connectivity index (χ2n) is 19.0. The lowest BCUT2D eigenvalue weighted by Crippen LogP contribution is -2.55. The molecule has 2 aromatic rings. The van der Waals surface area contributed by atoms with Gasteiger partial charge in [-0.25, -0.2) is 9.59 Å². The third kappa shape index (κ3) is 15.6. The van der Waals surface area contributed by atoms with Crippen molar-refractivity contribution in [2.45, 2.75) is 152 Å². The van der Waals surface area contributed by atoms with E-state index in [1.807, 2.05) is 24.3 Å². The van der Waals surface area contributed by atoms with Crippen LogP contribution in [0.4, 0.5) is 0 Å². The molecule has 4 N–H and O–H groups in total. The molecular weight excluding hydrogens is 889 g/mol. The second-order valence-corrected chi connectivity index (χ2v) is 19.0. The van der Waals surface area contributed by atoms with Gasteiger partial charge in [0.05, 0.1) is 39.6 Å². The number of carbonyl (C=O) groups excluding carboxylic acids is 6. The maximum Gasteiger partial charge on any atom is 0.328 e. The van der Waals surface area contributed by atoms with Crippen molar-refractivity contribution in [2.24, 2.45) is 11.8 Å². The Morgan fingerprint density at radius 3 is 2.17 bits per heavy atom. The molecular formula is C52H74N4O13. The first-order valence-electron chi connectivity index (χ1n) is 25.2.